The third-order valence-electron chi connectivity index (χ3n) is 10.9. The number of rotatable bonds is 2. The average Bonchev–Trinajstić information content (AvgIpc) is 3.30. The van der Waals surface area contributed by atoms with Crippen molar-refractivity contribution < 1.29 is 34.0 Å². The number of aliphatic hydroxyl groups excluding tert-OH is 2. The molecule has 7 rings (SSSR count). The number of amides is 1. The van der Waals surface area contributed by atoms with Gasteiger partial charge >= 0.3 is 0 Å². The van der Waals surface area contributed by atoms with Crippen molar-refractivity contribution in [3.63, 3.8) is 0 Å². The summed E-state index contributed by atoms with van der Waals surface area (Å²) in [7, 11) is 3.45. The van der Waals surface area contributed by atoms with E-state index in [1.54, 1.807) is 14.2 Å². The van der Waals surface area contributed by atoms with Gasteiger partial charge in [-0.05, 0) is 25.2 Å². The number of aliphatic hydroxyl groups is 2. The highest BCUT2D eigenvalue weighted by Crippen LogP contribution is 2.81. The minimum Gasteiger partial charge on any atom is -0.393 e. The van der Waals surface area contributed by atoms with Crippen LogP contribution in [-0.2, 0) is 23.7 Å². The van der Waals surface area contributed by atoms with Crippen molar-refractivity contribution in [3.8, 4) is 0 Å². The largest absolute Gasteiger partial charge is 0.393 e. The van der Waals surface area contributed by atoms with E-state index in [2.05, 4.69) is 5.32 Å². The van der Waals surface area contributed by atoms with Crippen LogP contribution in [0, 0.1) is 34.5 Å². The van der Waals surface area contributed by atoms with E-state index >= 15 is 0 Å². The number of piperidine rings is 1. The molecule has 8 heteroatoms. The zero-order valence-corrected chi connectivity index (χ0v) is 17.7. The summed E-state index contributed by atoms with van der Waals surface area (Å²) in [6.07, 6.45) is 0.909. The van der Waals surface area contributed by atoms with Crippen molar-refractivity contribution in [2.45, 2.75) is 74.3 Å². The second-order valence-corrected chi connectivity index (χ2v) is 11.1. The molecule has 2 aliphatic heterocycles. The molecule has 2 heterocycles. The first-order valence-corrected chi connectivity index (χ1v) is 11.3. The molecule has 5 aliphatic carbocycles. The van der Waals surface area contributed by atoms with Crippen molar-refractivity contribution in [1.82, 2.24) is 5.32 Å². The lowest BCUT2D eigenvalue weighted by Crippen LogP contribution is -2.81. The molecular formula is C22H31NO7. The molecule has 7 fully saturated rings. The normalized spacial score (nSPS) is 66.7. The fraction of sp³-hybridized carbons (Fsp3) is 0.955. The highest BCUT2D eigenvalue weighted by Gasteiger charge is 2.93. The summed E-state index contributed by atoms with van der Waals surface area (Å²) in [4.78, 5) is 13.4. The molecule has 3 spiro atoms. The summed E-state index contributed by atoms with van der Waals surface area (Å²) in [6, 6.07) is -0.402. The number of nitrogens with one attached hydrogen (secondary N) is 1. The van der Waals surface area contributed by atoms with Gasteiger partial charge in [0.25, 0.3) is 0 Å². The fourth-order valence-corrected chi connectivity index (χ4v) is 10.3. The quantitative estimate of drug-likeness (QED) is 0.567. The van der Waals surface area contributed by atoms with Crippen molar-refractivity contribution in [3.05, 3.63) is 0 Å². The Morgan fingerprint density at radius 3 is 2.73 bits per heavy atom. The van der Waals surface area contributed by atoms with E-state index in [-0.39, 0.29) is 48.6 Å². The Kier molecular flexibility index (Phi) is 3.28. The summed E-state index contributed by atoms with van der Waals surface area (Å²) < 4.78 is 25.0. The van der Waals surface area contributed by atoms with Crippen LogP contribution >= 0.6 is 0 Å². The number of carbonyl (C=O) groups excluding carboxylic acids is 1. The number of ether oxygens (including phenoxy) is 4. The summed E-state index contributed by atoms with van der Waals surface area (Å²) in [5.41, 5.74) is -3.12. The zero-order chi connectivity index (χ0) is 20.8. The van der Waals surface area contributed by atoms with Gasteiger partial charge in [0.1, 0.15) is 18.0 Å². The van der Waals surface area contributed by atoms with E-state index in [0.29, 0.717) is 12.8 Å². The second kappa shape index (κ2) is 5.24. The molecule has 3 N–H and O–H groups in total. The van der Waals surface area contributed by atoms with Crippen LogP contribution in [0.15, 0.2) is 0 Å². The third kappa shape index (κ3) is 1.46. The summed E-state index contributed by atoms with van der Waals surface area (Å²) in [6.45, 7) is 2.06. The fourth-order valence-electron chi connectivity index (χ4n) is 10.3. The Hall–Kier alpha value is -0.770. The number of fused-ring (bicyclic) bond motifs is 1. The van der Waals surface area contributed by atoms with Gasteiger partial charge in [0.15, 0.2) is 0 Å². The monoisotopic (exact) mass is 421 g/mol. The number of methoxy groups -OCH3 is 2. The zero-order valence-electron chi connectivity index (χ0n) is 17.7. The Labute approximate surface area is 175 Å². The Morgan fingerprint density at radius 2 is 2.00 bits per heavy atom. The number of hydrogen-bond donors (Lipinski definition) is 3. The van der Waals surface area contributed by atoms with E-state index in [1.807, 2.05) is 6.92 Å². The third-order valence-corrected chi connectivity index (χ3v) is 10.9. The van der Waals surface area contributed by atoms with E-state index < -0.39 is 40.3 Å². The maximum Gasteiger partial charge on any atom is 0.226 e. The van der Waals surface area contributed by atoms with E-state index in [1.165, 1.54) is 0 Å². The molecule has 2 saturated heterocycles. The highest BCUT2D eigenvalue weighted by atomic mass is 16.7. The second-order valence-electron chi connectivity index (χ2n) is 11.1. The Morgan fingerprint density at radius 1 is 1.20 bits per heavy atom. The lowest BCUT2D eigenvalue weighted by atomic mass is 9.43. The van der Waals surface area contributed by atoms with Gasteiger partial charge in [0, 0.05) is 43.8 Å². The van der Waals surface area contributed by atoms with Crippen LogP contribution in [0.3, 0.4) is 0 Å². The van der Waals surface area contributed by atoms with Crippen molar-refractivity contribution >= 4 is 5.91 Å². The smallest absolute Gasteiger partial charge is 0.226 e. The van der Waals surface area contributed by atoms with Crippen molar-refractivity contribution in [2.75, 3.05) is 21.0 Å². The minimum atomic E-state index is -1.10. The maximum atomic E-state index is 13.4. The lowest BCUT2D eigenvalue weighted by molar-refractivity contribution is -0.254. The predicted molar refractivity (Wildman–Crippen MR) is 101 cm³/mol. The molecule has 30 heavy (non-hydrogen) atoms. The minimum absolute atomic E-state index is 0.000845. The van der Waals surface area contributed by atoms with Gasteiger partial charge in [0.2, 0.25) is 5.91 Å². The van der Waals surface area contributed by atoms with Crippen LogP contribution in [0.25, 0.3) is 0 Å². The molecule has 0 radical (unpaired) electrons. The molecule has 13 atom stereocenters. The van der Waals surface area contributed by atoms with Crippen LogP contribution in [0.1, 0.15) is 32.6 Å². The summed E-state index contributed by atoms with van der Waals surface area (Å²) in [5.74, 6) is -0.157. The standard InChI is InChI=1S/C22H31NO7/c1-19-5-4-12(27-2)21-10-6-9-11(24)7-20(13(10)14(9)28-3)22(30-8-29-20,16(25)15(19)21)17(21)23-18(19)26/h9-17,24-25H,4-8H2,1-3H3,(H,23,26)/t9-,10-,11+,12+,13-,14+,15-,16+,17+,19-,20-,21+,22+/m1/s1. The molecule has 8 nitrogen and oxygen atoms in total. The first-order valence-electron chi connectivity index (χ1n) is 11.3. The summed E-state index contributed by atoms with van der Waals surface area (Å²) in [5, 5.41) is 26.6. The number of hydrogen-bond acceptors (Lipinski definition) is 7. The van der Waals surface area contributed by atoms with Crippen molar-refractivity contribution in [2.24, 2.45) is 34.5 Å². The van der Waals surface area contributed by atoms with E-state index in [4.69, 9.17) is 18.9 Å². The van der Waals surface area contributed by atoms with Gasteiger partial charge in [-0.15, -0.1) is 0 Å². The average molecular weight is 421 g/mol. The molecule has 0 unspecified atom stereocenters. The lowest BCUT2D eigenvalue weighted by Gasteiger charge is -2.66. The molecule has 1 amide bonds. The van der Waals surface area contributed by atoms with Crippen LogP contribution < -0.4 is 5.32 Å². The Bertz CT molecular complexity index is 838. The molecule has 166 valence electrons. The molecule has 7 aliphatic rings. The van der Waals surface area contributed by atoms with E-state index in [0.717, 1.165) is 12.8 Å². The first kappa shape index (κ1) is 18.8. The maximum absolute atomic E-state index is 13.4. The number of carbonyl (C=O) groups is 1. The van der Waals surface area contributed by atoms with Crippen LogP contribution in [-0.4, -0.2) is 78.8 Å². The topological polar surface area (TPSA) is 106 Å². The van der Waals surface area contributed by atoms with E-state index in [9.17, 15) is 15.0 Å². The van der Waals surface area contributed by atoms with Gasteiger partial charge in [-0.25, -0.2) is 0 Å². The Balaban J connectivity index is 1.57. The molecule has 0 aromatic rings. The molecule has 0 aromatic carbocycles. The van der Waals surface area contributed by atoms with Gasteiger partial charge in [-0.1, -0.05) is 6.92 Å². The van der Waals surface area contributed by atoms with Gasteiger partial charge in [0.05, 0.1) is 35.9 Å². The molecular weight excluding hydrogens is 390 g/mol. The van der Waals surface area contributed by atoms with Crippen LogP contribution in [0.2, 0.25) is 0 Å². The first-order chi connectivity index (χ1) is 14.3. The van der Waals surface area contributed by atoms with Gasteiger partial charge in [-0.3, -0.25) is 4.79 Å². The van der Waals surface area contributed by atoms with Crippen LogP contribution in [0.5, 0.6) is 0 Å². The highest BCUT2D eigenvalue weighted by molar-refractivity contribution is 5.86. The van der Waals surface area contributed by atoms with Crippen molar-refractivity contribution in [1.29, 1.82) is 0 Å². The van der Waals surface area contributed by atoms with Crippen LogP contribution in [0.4, 0.5) is 0 Å². The molecule has 0 aromatic heterocycles. The predicted octanol–water partition coefficient (Wildman–Crippen LogP) is -0.196. The molecule has 7 bridgehead atoms. The van der Waals surface area contributed by atoms with Gasteiger partial charge < -0.3 is 34.5 Å². The summed E-state index contributed by atoms with van der Waals surface area (Å²) >= 11 is 0. The molecule has 5 saturated carbocycles. The SMILES string of the molecule is CO[C@H]1[C@@H]2C[C@@H]3[C@H]1[C@@]1(C[C@@H]2O)OCO[C@]12[C@@H](O)[C@H]1[C@@]34[C@@H](OC)CC[C@@]1(C)C(=O)N[C@@H]42. The van der Waals surface area contributed by atoms with Gasteiger partial charge in [-0.2, -0.15) is 0 Å².